The number of hydrogen-bond acceptors (Lipinski definition) is 3. The first kappa shape index (κ1) is 12.3. The molecule has 0 saturated carbocycles. The van der Waals surface area contributed by atoms with Crippen LogP contribution >= 0.6 is 0 Å². The van der Waals surface area contributed by atoms with Gasteiger partial charge in [-0.3, -0.25) is 0 Å². The summed E-state index contributed by atoms with van der Waals surface area (Å²) in [4.78, 5) is 11.0. The van der Waals surface area contributed by atoms with Crippen LogP contribution in [0.1, 0.15) is 15.9 Å². The molecule has 4 nitrogen and oxygen atoms in total. The van der Waals surface area contributed by atoms with E-state index in [4.69, 9.17) is 14.8 Å². The average Bonchev–Trinajstić information content (AvgIpc) is 2.14. The van der Waals surface area contributed by atoms with Gasteiger partial charge in [0.05, 0.1) is 11.6 Å². The number of carbonyl (C=O) groups is 1. The maximum absolute atomic E-state index is 11.0. The van der Waals surface area contributed by atoms with Crippen molar-refractivity contribution in [3.8, 4) is 11.8 Å². The molecule has 0 bridgehead atoms. The van der Waals surface area contributed by atoms with Crippen molar-refractivity contribution in [3.63, 3.8) is 0 Å². The Hall–Kier alpha value is -1.80. The summed E-state index contributed by atoms with van der Waals surface area (Å²) in [5.41, 5.74) is 0.500. The number of aromatic carboxylic acids is 1. The zero-order valence-electron chi connectivity index (χ0n) is 9.44. The van der Waals surface area contributed by atoms with E-state index in [0.717, 1.165) is 0 Å². The fourth-order valence-electron chi connectivity index (χ4n) is 1.18. The maximum atomic E-state index is 11.0. The molecule has 0 saturated heterocycles. The lowest BCUT2D eigenvalue weighted by atomic mass is 10.1. The number of nitriles is 1. The Labute approximate surface area is 95.2 Å². The SMILES string of the molecule is C[Si](C)(C)Oc1cc(C#N)ccc1C(=O)O. The molecule has 1 aromatic rings. The highest BCUT2D eigenvalue weighted by Crippen LogP contribution is 2.23. The molecule has 0 radical (unpaired) electrons. The highest BCUT2D eigenvalue weighted by molar-refractivity contribution is 6.70. The molecule has 0 aliphatic heterocycles. The Morgan fingerprint density at radius 3 is 2.50 bits per heavy atom. The molecule has 1 rings (SSSR count). The van der Waals surface area contributed by atoms with Crippen molar-refractivity contribution in [2.75, 3.05) is 0 Å². The molecule has 5 heteroatoms. The molecular formula is C11H13NO3Si. The van der Waals surface area contributed by atoms with Crippen LogP contribution in [0.15, 0.2) is 18.2 Å². The van der Waals surface area contributed by atoms with E-state index in [1.807, 2.05) is 25.7 Å². The van der Waals surface area contributed by atoms with Crippen LogP contribution in [0, 0.1) is 11.3 Å². The summed E-state index contributed by atoms with van der Waals surface area (Å²) < 4.78 is 5.64. The summed E-state index contributed by atoms with van der Waals surface area (Å²) in [5.74, 6) is -0.761. The number of benzene rings is 1. The first-order valence-corrected chi connectivity index (χ1v) is 8.21. The Morgan fingerprint density at radius 1 is 1.44 bits per heavy atom. The van der Waals surface area contributed by atoms with E-state index >= 15 is 0 Å². The zero-order valence-corrected chi connectivity index (χ0v) is 10.4. The van der Waals surface area contributed by atoms with Crippen molar-refractivity contribution in [1.29, 1.82) is 5.26 Å². The molecule has 16 heavy (non-hydrogen) atoms. The fraction of sp³-hybridized carbons (Fsp3) is 0.273. The summed E-state index contributed by atoms with van der Waals surface area (Å²) in [6, 6.07) is 6.31. The Kier molecular flexibility index (Phi) is 3.35. The van der Waals surface area contributed by atoms with E-state index in [9.17, 15) is 4.79 Å². The third kappa shape index (κ3) is 3.10. The lowest BCUT2D eigenvalue weighted by Gasteiger charge is -2.20. The molecular weight excluding hydrogens is 222 g/mol. The third-order valence-electron chi connectivity index (χ3n) is 1.76. The minimum Gasteiger partial charge on any atom is -0.544 e. The van der Waals surface area contributed by atoms with Crippen LogP contribution in [0.4, 0.5) is 0 Å². The highest BCUT2D eigenvalue weighted by atomic mass is 28.4. The predicted molar refractivity (Wildman–Crippen MR) is 62.1 cm³/mol. The molecule has 0 fully saturated rings. The molecule has 0 unspecified atom stereocenters. The van der Waals surface area contributed by atoms with Crippen molar-refractivity contribution in [3.05, 3.63) is 29.3 Å². The monoisotopic (exact) mass is 235 g/mol. The van der Waals surface area contributed by atoms with Crippen LogP contribution in [-0.4, -0.2) is 19.4 Å². The quantitative estimate of drug-likeness (QED) is 0.817. The Bertz CT molecular complexity index is 457. The molecule has 0 amide bonds. The second kappa shape index (κ2) is 4.37. The molecule has 1 N–H and O–H groups in total. The van der Waals surface area contributed by atoms with Crippen molar-refractivity contribution in [2.45, 2.75) is 19.6 Å². The van der Waals surface area contributed by atoms with Gasteiger partial charge in [-0.15, -0.1) is 0 Å². The van der Waals surface area contributed by atoms with E-state index in [2.05, 4.69) is 0 Å². The van der Waals surface area contributed by atoms with Crippen molar-refractivity contribution < 1.29 is 14.3 Å². The van der Waals surface area contributed by atoms with Gasteiger partial charge in [-0.05, 0) is 37.8 Å². The largest absolute Gasteiger partial charge is 0.544 e. The molecule has 0 aliphatic carbocycles. The van der Waals surface area contributed by atoms with Crippen LogP contribution in [-0.2, 0) is 0 Å². The fourth-order valence-corrected chi connectivity index (χ4v) is 2.01. The normalized spacial score (nSPS) is 10.6. The van der Waals surface area contributed by atoms with Gasteiger partial charge in [-0.25, -0.2) is 4.79 Å². The van der Waals surface area contributed by atoms with Gasteiger partial charge in [0.15, 0.2) is 0 Å². The minimum atomic E-state index is -1.88. The van der Waals surface area contributed by atoms with E-state index in [-0.39, 0.29) is 11.3 Å². The van der Waals surface area contributed by atoms with E-state index < -0.39 is 14.3 Å². The highest BCUT2D eigenvalue weighted by Gasteiger charge is 2.20. The van der Waals surface area contributed by atoms with E-state index in [1.54, 1.807) is 0 Å². The van der Waals surface area contributed by atoms with Gasteiger partial charge >= 0.3 is 5.97 Å². The lowest BCUT2D eigenvalue weighted by molar-refractivity contribution is 0.0695. The number of hydrogen-bond donors (Lipinski definition) is 1. The summed E-state index contributed by atoms with van der Waals surface area (Å²) in [7, 11) is -1.88. The second-order valence-corrected chi connectivity index (χ2v) is 8.77. The van der Waals surface area contributed by atoms with Gasteiger partial charge in [-0.2, -0.15) is 5.26 Å². The molecule has 84 valence electrons. The van der Waals surface area contributed by atoms with Crippen molar-refractivity contribution >= 4 is 14.3 Å². The first-order chi connectivity index (χ1) is 7.33. The van der Waals surface area contributed by atoms with Gasteiger partial charge < -0.3 is 9.53 Å². The van der Waals surface area contributed by atoms with E-state index in [0.29, 0.717) is 5.56 Å². The standard InChI is InChI=1S/C11H13NO3Si/c1-16(2,3)15-10-6-8(7-12)4-5-9(10)11(13)14/h4-6H,1-3H3,(H,13,14). The average molecular weight is 235 g/mol. The van der Waals surface area contributed by atoms with Gasteiger partial charge in [0.25, 0.3) is 0 Å². The van der Waals surface area contributed by atoms with Gasteiger partial charge in [-0.1, -0.05) is 0 Å². The summed E-state index contributed by atoms with van der Waals surface area (Å²) in [6.07, 6.45) is 0. The number of nitrogens with zero attached hydrogens (tertiary/aromatic N) is 1. The van der Waals surface area contributed by atoms with Crippen LogP contribution in [0.3, 0.4) is 0 Å². The summed E-state index contributed by atoms with van der Waals surface area (Å²) in [5, 5.41) is 17.7. The summed E-state index contributed by atoms with van der Waals surface area (Å²) >= 11 is 0. The predicted octanol–water partition coefficient (Wildman–Crippen LogP) is 2.47. The van der Waals surface area contributed by atoms with Gasteiger partial charge in [0.1, 0.15) is 11.3 Å². The molecule has 0 aromatic heterocycles. The van der Waals surface area contributed by atoms with Crippen LogP contribution in [0.2, 0.25) is 19.6 Å². The van der Waals surface area contributed by atoms with Crippen LogP contribution in [0.5, 0.6) is 5.75 Å². The number of rotatable bonds is 3. The number of carboxylic acid groups (broad SMARTS) is 1. The molecule has 0 spiro atoms. The Balaban J connectivity index is 3.22. The molecule has 1 aromatic carbocycles. The summed E-state index contributed by atoms with van der Waals surface area (Å²) in [6.45, 7) is 5.87. The van der Waals surface area contributed by atoms with E-state index in [1.165, 1.54) is 18.2 Å². The molecule has 0 aliphatic rings. The zero-order chi connectivity index (χ0) is 12.3. The van der Waals surface area contributed by atoms with Crippen molar-refractivity contribution in [2.24, 2.45) is 0 Å². The lowest BCUT2D eigenvalue weighted by Crippen LogP contribution is -2.30. The second-order valence-electron chi connectivity index (χ2n) is 4.34. The third-order valence-corrected chi connectivity index (χ3v) is 2.59. The molecule has 0 heterocycles. The first-order valence-electron chi connectivity index (χ1n) is 4.80. The topological polar surface area (TPSA) is 70.3 Å². The minimum absolute atomic E-state index is 0.0985. The molecule has 0 atom stereocenters. The van der Waals surface area contributed by atoms with Crippen LogP contribution in [0.25, 0.3) is 0 Å². The van der Waals surface area contributed by atoms with Crippen molar-refractivity contribution in [1.82, 2.24) is 0 Å². The van der Waals surface area contributed by atoms with Gasteiger partial charge in [0.2, 0.25) is 8.32 Å². The Morgan fingerprint density at radius 2 is 2.06 bits per heavy atom. The number of carboxylic acids is 1. The van der Waals surface area contributed by atoms with Gasteiger partial charge in [0, 0.05) is 0 Å². The smallest absolute Gasteiger partial charge is 0.339 e. The van der Waals surface area contributed by atoms with Crippen LogP contribution < -0.4 is 4.43 Å². The maximum Gasteiger partial charge on any atom is 0.339 e.